The zero-order valence-electron chi connectivity index (χ0n) is 18.6. The van der Waals surface area contributed by atoms with Gasteiger partial charge in [0.05, 0.1) is 18.3 Å². The second kappa shape index (κ2) is 9.15. The Labute approximate surface area is 199 Å². The van der Waals surface area contributed by atoms with Gasteiger partial charge in [-0.05, 0) is 23.4 Å². The van der Waals surface area contributed by atoms with Gasteiger partial charge in [-0.2, -0.15) is 5.26 Å². The average molecular weight is 470 g/mol. The lowest BCUT2D eigenvalue weighted by molar-refractivity contribution is 0.365. The molecule has 5 rings (SSSR count). The minimum Gasteiger partial charge on any atom is -0.496 e. The average Bonchev–Trinajstić information content (AvgIpc) is 3.49. The van der Waals surface area contributed by atoms with Gasteiger partial charge in [-0.3, -0.25) is 0 Å². The van der Waals surface area contributed by atoms with Crippen molar-refractivity contribution in [2.24, 2.45) is 0 Å². The minimum absolute atomic E-state index is 0.174. The molecule has 0 saturated carbocycles. The zero-order valence-corrected chi connectivity index (χ0v) is 18.6. The third kappa shape index (κ3) is 4.22. The summed E-state index contributed by atoms with van der Waals surface area (Å²) >= 11 is 0. The number of rotatable bonds is 7. The van der Waals surface area contributed by atoms with Gasteiger partial charge in [0.2, 0.25) is 0 Å². The summed E-state index contributed by atoms with van der Waals surface area (Å²) in [5.41, 5.74) is 3.00. The van der Waals surface area contributed by atoms with Gasteiger partial charge in [0, 0.05) is 41.7 Å². The number of ether oxygens (including phenoxy) is 1. The molecule has 174 valence electrons. The maximum Gasteiger partial charge on any atom is 0.252 e. The quantitative estimate of drug-likeness (QED) is 0.354. The number of benzene rings is 2. The second-order valence-corrected chi connectivity index (χ2v) is 7.65. The molecule has 10 heteroatoms. The maximum atomic E-state index is 14.6. The first-order chi connectivity index (χ1) is 17.1. The van der Waals surface area contributed by atoms with Gasteiger partial charge in [0.15, 0.2) is 5.76 Å². The van der Waals surface area contributed by atoms with E-state index in [-0.39, 0.29) is 5.88 Å². The predicted octanol–water partition coefficient (Wildman–Crippen LogP) is 4.59. The number of hydrogen-bond acceptors (Lipinski definition) is 8. The van der Waals surface area contributed by atoms with Crippen molar-refractivity contribution in [2.45, 2.75) is 6.54 Å². The molecule has 0 bridgehead atoms. The number of fused-ring (bicyclic) bond motifs is 1. The van der Waals surface area contributed by atoms with Crippen molar-refractivity contribution in [1.82, 2.24) is 19.7 Å². The van der Waals surface area contributed by atoms with Crippen LogP contribution in [0.3, 0.4) is 0 Å². The van der Waals surface area contributed by atoms with Crippen LogP contribution in [-0.2, 0) is 6.54 Å². The van der Waals surface area contributed by atoms with Crippen molar-refractivity contribution in [2.75, 3.05) is 19.0 Å². The molecule has 35 heavy (non-hydrogen) atoms. The van der Waals surface area contributed by atoms with Crippen molar-refractivity contribution >= 4 is 16.7 Å². The lowest BCUT2D eigenvalue weighted by Crippen LogP contribution is -2.13. The van der Waals surface area contributed by atoms with E-state index in [1.165, 1.54) is 25.6 Å². The molecule has 3 aromatic heterocycles. The van der Waals surface area contributed by atoms with E-state index in [1.807, 2.05) is 24.3 Å². The molecule has 5 aromatic rings. The van der Waals surface area contributed by atoms with Crippen molar-refractivity contribution in [3.05, 3.63) is 72.4 Å². The van der Waals surface area contributed by atoms with E-state index in [2.05, 4.69) is 26.5 Å². The molecule has 0 aliphatic rings. The van der Waals surface area contributed by atoms with Gasteiger partial charge in [0.25, 0.3) is 5.88 Å². The third-order valence-corrected chi connectivity index (χ3v) is 5.58. The van der Waals surface area contributed by atoms with Crippen LogP contribution in [0.15, 0.2) is 65.4 Å². The van der Waals surface area contributed by atoms with Crippen LogP contribution in [0.5, 0.6) is 11.6 Å². The monoisotopic (exact) mass is 470 g/mol. The molecule has 0 amide bonds. The number of nitriles is 1. The minimum atomic E-state index is -0.421. The molecule has 0 radical (unpaired) electrons. The Kier molecular flexibility index (Phi) is 5.73. The molecule has 0 saturated heterocycles. The van der Waals surface area contributed by atoms with Gasteiger partial charge in [-0.15, -0.1) is 0 Å². The second-order valence-electron chi connectivity index (χ2n) is 7.65. The van der Waals surface area contributed by atoms with Crippen molar-refractivity contribution in [3.63, 3.8) is 0 Å². The highest BCUT2D eigenvalue weighted by Crippen LogP contribution is 2.31. The Balaban J connectivity index is 1.32. The molecular weight excluding hydrogens is 451 g/mol. The van der Waals surface area contributed by atoms with Gasteiger partial charge < -0.3 is 24.3 Å². The standard InChI is InChI=1S/C25H19FN6O3/c1-34-21-7-6-19(26)25-18(21)10-17(13-27)32(25)9-8-28-23-11-20(29-14-30-23)15-2-4-16(5-3-15)22-12-24(33)31-35-22/h2-7,10-12,14H,8-9H2,1H3,(H,31,33)(H,28,29,30). The number of aromatic hydroxyl groups is 1. The van der Waals surface area contributed by atoms with E-state index >= 15 is 0 Å². The summed E-state index contributed by atoms with van der Waals surface area (Å²) in [7, 11) is 1.51. The number of aromatic nitrogens is 4. The summed E-state index contributed by atoms with van der Waals surface area (Å²) in [6, 6.07) is 17.3. The van der Waals surface area contributed by atoms with E-state index in [0.717, 1.165) is 11.1 Å². The fourth-order valence-corrected chi connectivity index (χ4v) is 3.93. The molecule has 0 unspecified atom stereocenters. The Hall–Kier alpha value is -4.91. The third-order valence-electron chi connectivity index (χ3n) is 5.58. The molecular formula is C25H19FN6O3. The summed E-state index contributed by atoms with van der Waals surface area (Å²) in [5.74, 6) is 0.966. The zero-order chi connectivity index (χ0) is 24.4. The van der Waals surface area contributed by atoms with E-state index in [4.69, 9.17) is 9.26 Å². The SMILES string of the molecule is COc1ccc(F)c2c1cc(C#N)n2CCNc1cc(-c2ccc(-c3cc(O)no3)cc2)ncn1. The van der Waals surface area contributed by atoms with Crippen molar-refractivity contribution in [1.29, 1.82) is 5.26 Å². The largest absolute Gasteiger partial charge is 0.496 e. The first-order valence-electron chi connectivity index (χ1n) is 10.7. The fraction of sp³-hybridized carbons (Fsp3) is 0.120. The molecule has 0 atom stereocenters. The highest BCUT2D eigenvalue weighted by molar-refractivity contribution is 5.88. The normalized spacial score (nSPS) is 10.9. The number of methoxy groups -OCH3 is 1. The highest BCUT2D eigenvalue weighted by atomic mass is 19.1. The van der Waals surface area contributed by atoms with Gasteiger partial charge in [-0.1, -0.05) is 24.3 Å². The molecule has 9 nitrogen and oxygen atoms in total. The van der Waals surface area contributed by atoms with E-state index in [0.29, 0.717) is 52.7 Å². The summed E-state index contributed by atoms with van der Waals surface area (Å²) in [4.78, 5) is 8.59. The predicted molar refractivity (Wildman–Crippen MR) is 126 cm³/mol. The van der Waals surface area contributed by atoms with Crippen LogP contribution in [0.25, 0.3) is 33.5 Å². The number of halogens is 1. The number of anilines is 1. The van der Waals surface area contributed by atoms with Crippen LogP contribution in [-0.4, -0.2) is 38.5 Å². The Morgan fingerprint density at radius 1 is 1.11 bits per heavy atom. The van der Waals surface area contributed by atoms with Crippen LogP contribution >= 0.6 is 0 Å². The first-order valence-corrected chi connectivity index (χ1v) is 10.7. The molecule has 2 N–H and O–H groups in total. The van der Waals surface area contributed by atoms with Crippen LogP contribution in [0.4, 0.5) is 10.2 Å². The fourth-order valence-electron chi connectivity index (χ4n) is 3.93. The molecule has 0 aliphatic heterocycles. The van der Waals surface area contributed by atoms with Crippen molar-refractivity contribution in [3.8, 4) is 40.3 Å². The number of hydrogen-bond donors (Lipinski definition) is 2. The molecule has 3 heterocycles. The number of nitrogens with zero attached hydrogens (tertiary/aromatic N) is 5. The smallest absolute Gasteiger partial charge is 0.252 e. The summed E-state index contributed by atoms with van der Waals surface area (Å²) in [6.07, 6.45) is 1.45. The van der Waals surface area contributed by atoms with Crippen LogP contribution in [0, 0.1) is 17.1 Å². The lowest BCUT2D eigenvalue weighted by Gasteiger charge is -2.11. The molecule has 0 fully saturated rings. The van der Waals surface area contributed by atoms with Crippen LogP contribution in [0.1, 0.15) is 5.69 Å². The van der Waals surface area contributed by atoms with Gasteiger partial charge >= 0.3 is 0 Å². The molecule has 0 aliphatic carbocycles. The summed E-state index contributed by atoms with van der Waals surface area (Å²) < 4.78 is 26.6. The Morgan fingerprint density at radius 3 is 2.63 bits per heavy atom. The topological polar surface area (TPSA) is 122 Å². The summed E-state index contributed by atoms with van der Waals surface area (Å²) in [5, 5.41) is 26.1. The van der Waals surface area contributed by atoms with Crippen LogP contribution < -0.4 is 10.1 Å². The van der Waals surface area contributed by atoms with Crippen LogP contribution in [0.2, 0.25) is 0 Å². The molecule has 0 spiro atoms. The number of nitrogens with one attached hydrogen (secondary N) is 1. The lowest BCUT2D eigenvalue weighted by atomic mass is 10.1. The molecule has 2 aromatic carbocycles. The Bertz CT molecular complexity index is 1550. The maximum absolute atomic E-state index is 14.6. The highest BCUT2D eigenvalue weighted by Gasteiger charge is 2.16. The van der Waals surface area contributed by atoms with E-state index < -0.39 is 5.82 Å². The van der Waals surface area contributed by atoms with Gasteiger partial charge in [-0.25, -0.2) is 14.4 Å². The van der Waals surface area contributed by atoms with E-state index in [9.17, 15) is 14.8 Å². The van der Waals surface area contributed by atoms with Gasteiger partial charge in [0.1, 0.15) is 35.5 Å². The first kappa shape index (κ1) is 21.9. The van der Waals surface area contributed by atoms with E-state index in [1.54, 1.807) is 22.8 Å². The summed E-state index contributed by atoms with van der Waals surface area (Å²) in [6.45, 7) is 0.744. The Morgan fingerprint density at radius 2 is 1.91 bits per heavy atom. The van der Waals surface area contributed by atoms with Crippen molar-refractivity contribution < 1.29 is 18.8 Å².